The summed E-state index contributed by atoms with van der Waals surface area (Å²) in [7, 11) is 1.67. The van der Waals surface area contributed by atoms with Crippen LogP contribution in [-0.4, -0.2) is 23.9 Å². The molecule has 1 aromatic heterocycles. The van der Waals surface area contributed by atoms with Crippen LogP contribution in [-0.2, 0) is 10.5 Å². The fraction of sp³-hybridized carbons (Fsp3) is 0.429. The van der Waals surface area contributed by atoms with Gasteiger partial charge in [0.15, 0.2) is 5.82 Å². The van der Waals surface area contributed by atoms with Crippen LogP contribution < -0.4 is 5.73 Å². The van der Waals surface area contributed by atoms with Gasteiger partial charge in [0.05, 0.1) is 16.8 Å². The predicted octanol–water partition coefficient (Wildman–Crippen LogP) is 3.44. The summed E-state index contributed by atoms with van der Waals surface area (Å²) in [5, 5.41) is 4.67. The highest BCUT2D eigenvalue weighted by atomic mass is 35.5. The summed E-state index contributed by atoms with van der Waals surface area (Å²) in [6.07, 6.45) is 1.62. The van der Waals surface area contributed by atoms with Gasteiger partial charge in [-0.1, -0.05) is 28.9 Å². The van der Waals surface area contributed by atoms with Crippen LogP contribution in [0.2, 0.25) is 5.02 Å². The van der Waals surface area contributed by atoms with Crippen molar-refractivity contribution in [3.8, 4) is 0 Å². The second kappa shape index (κ2) is 8.38. The third kappa shape index (κ3) is 5.00. The number of thioether (sulfide) groups is 1. The van der Waals surface area contributed by atoms with Gasteiger partial charge in [-0.15, -0.1) is 11.8 Å². The van der Waals surface area contributed by atoms with E-state index in [4.69, 9.17) is 26.6 Å². The van der Waals surface area contributed by atoms with Gasteiger partial charge in [0.2, 0.25) is 5.89 Å². The van der Waals surface area contributed by atoms with Gasteiger partial charge in [0.1, 0.15) is 0 Å². The first-order valence-electron chi connectivity index (χ1n) is 6.65. The molecule has 1 aromatic carbocycles. The summed E-state index contributed by atoms with van der Waals surface area (Å²) < 4.78 is 10.2. The molecule has 0 fully saturated rings. The van der Waals surface area contributed by atoms with Crippen molar-refractivity contribution >= 4 is 23.4 Å². The molecule has 0 saturated carbocycles. The quantitative estimate of drug-likeness (QED) is 0.591. The average molecular weight is 328 g/mol. The molecular weight excluding hydrogens is 310 g/mol. The topological polar surface area (TPSA) is 74.2 Å². The standard InChI is InChI=1S/C14H18ClN3O2S/c1-19-8-4-6-11(16)14-17-13(18-20-14)9-21-12-7-3-2-5-10(12)15/h2-3,5,7,11H,4,6,8-9,16H2,1H3. The number of aromatic nitrogens is 2. The maximum Gasteiger partial charge on any atom is 0.243 e. The molecule has 114 valence electrons. The molecule has 0 radical (unpaired) electrons. The van der Waals surface area contributed by atoms with Gasteiger partial charge in [-0.05, 0) is 25.0 Å². The molecule has 0 spiro atoms. The minimum atomic E-state index is -0.244. The second-order valence-corrected chi connectivity index (χ2v) is 5.93. The van der Waals surface area contributed by atoms with E-state index in [1.54, 1.807) is 18.9 Å². The normalized spacial score (nSPS) is 12.5. The van der Waals surface area contributed by atoms with Crippen molar-refractivity contribution in [1.82, 2.24) is 10.1 Å². The molecule has 5 nitrogen and oxygen atoms in total. The Morgan fingerprint density at radius 2 is 2.24 bits per heavy atom. The van der Waals surface area contributed by atoms with E-state index in [0.29, 0.717) is 24.1 Å². The van der Waals surface area contributed by atoms with E-state index in [1.165, 1.54) is 0 Å². The fourth-order valence-electron chi connectivity index (χ4n) is 1.75. The molecule has 0 aliphatic carbocycles. The number of hydrogen-bond acceptors (Lipinski definition) is 6. The smallest absolute Gasteiger partial charge is 0.243 e. The highest BCUT2D eigenvalue weighted by molar-refractivity contribution is 7.98. The van der Waals surface area contributed by atoms with Crippen molar-refractivity contribution in [2.24, 2.45) is 5.73 Å². The molecule has 0 saturated heterocycles. The van der Waals surface area contributed by atoms with E-state index in [-0.39, 0.29) is 6.04 Å². The molecule has 21 heavy (non-hydrogen) atoms. The Labute approximate surface area is 133 Å². The minimum Gasteiger partial charge on any atom is -0.385 e. The Hall–Kier alpha value is -1.08. The number of benzene rings is 1. The van der Waals surface area contributed by atoms with Crippen LogP contribution >= 0.6 is 23.4 Å². The van der Waals surface area contributed by atoms with Crippen molar-refractivity contribution < 1.29 is 9.26 Å². The van der Waals surface area contributed by atoms with Gasteiger partial charge < -0.3 is 15.0 Å². The highest BCUT2D eigenvalue weighted by Crippen LogP contribution is 2.28. The van der Waals surface area contributed by atoms with Gasteiger partial charge in [-0.3, -0.25) is 0 Å². The zero-order valence-corrected chi connectivity index (χ0v) is 13.4. The summed E-state index contributed by atoms with van der Waals surface area (Å²) >= 11 is 7.67. The minimum absolute atomic E-state index is 0.244. The number of rotatable bonds is 8. The van der Waals surface area contributed by atoms with Gasteiger partial charge >= 0.3 is 0 Å². The number of methoxy groups -OCH3 is 1. The van der Waals surface area contributed by atoms with E-state index < -0.39 is 0 Å². The zero-order valence-electron chi connectivity index (χ0n) is 11.8. The molecule has 1 unspecified atom stereocenters. The Kier molecular flexibility index (Phi) is 6.50. The SMILES string of the molecule is COCCCC(N)c1nc(CSc2ccccc2Cl)no1. The van der Waals surface area contributed by atoms with Gasteiger partial charge in [-0.2, -0.15) is 4.98 Å². The molecule has 2 aromatic rings. The van der Waals surface area contributed by atoms with Crippen molar-refractivity contribution in [2.75, 3.05) is 13.7 Å². The van der Waals surface area contributed by atoms with Crippen LogP contribution in [0, 0.1) is 0 Å². The van der Waals surface area contributed by atoms with E-state index in [9.17, 15) is 0 Å². The monoisotopic (exact) mass is 327 g/mol. The Morgan fingerprint density at radius 3 is 3.00 bits per heavy atom. The van der Waals surface area contributed by atoms with Crippen LogP contribution in [0.5, 0.6) is 0 Å². The lowest BCUT2D eigenvalue weighted by Gasteiger charge is -2.05. The Bertz CT molecular complexity index is 565. The third-order valence-electron chi connectivity index (χ3n) is 2.86. The summed E-state index contributed by atoms with van der Waals surface area (Å²) in [5.41, 5.74) is 6.00. The summed E-state index contributed by atoms with van der Waals surface area (Å²) in [6, 6.07) is 7.42. The molecule has 0 bridgehead atoms. The van der Waals surface area contributed by atoms with Crippen LogP contribution in [0.3, 0.4) is 0 Å². The van der Waals surface area contributed by atoms with E-state index >= 15 is 0 Å². The molecule has 0 aliphatic rings. The van der Waals surface area contributed by atoms with Crippen LogP contribution in [0.4, 0.5) is 0 Å². The van der Waals surface area contributed by atoms with E-state index in [1.807, 2.05) is 24.3 Å². The van der Waals surface area contributed by atoms with E-state index in [2.05, 4.69) is 10.1 Å². The molecule has 0 aliphatic heterocycles. The summed E-state index contributed by atoms with van der Waals surface area (Å²) in [6.45, 7) is 0.678. The second-order valence-electron chi connectivity index (χ2n) is 4.51. The highest BCUT2D eigenvalue weighted by Gasteiger charge is 2.14. The Balaban J connectivity index is 1.87. The van der Waals surface area contributed by atoms with Crippen LogP contribution in [0.1, 0.15) is 30.6 Å². The van der Waals surface area contributed by atoms with Crippen molar-refractivity contribution in [2.45, 2.75) is 29.5 Å². The van der Waals surface area contributed by atoms with Crippen molar-refractivity contribution in [3.05, 3.63) is 41.0 Å². The van der Waals surface area contributed by atoms with Crippen molar-refractivity contribution in [1.29, 1.82) is 0 Å². The van der Waals surface area contributed by atoms with Gasteiger partial charge in [0, 0.05) is 18.6 Å². The molecule has 0 amide bonds. The maximum atomic E-state index is 6.10. The number of nitrogens with two attached hydrogens (primary N) is 1. The lowest BCUT2D eigenvalue weighted by molar-refractivity contribution is 0.188. The first-order valence-corrected chi connectivity index (χ1v) is 8.01. The molecule has 2 rings (SSSR count). The lowest BCUT2D eigenvalue weighted by Crippen LogP contribution is -2.11. The van der Waals surface area contributed by atoms with Crippen LogP contribution in [0.25, 0.3) is 0 Å². The predicted molar refractivity (Wildman–Crippen MR) is 83.3 cm³/mol. The number of nitrogens with zero attached hydrogens (tertiary/aromatic N) is 2. The number of halogens is 1. The first kappa shape index (κ1) is 16.3. The largest absolute Gasteiger partial charge is 0.385 e. The zero-order chi connectivity index (χ0) is 15.1. The Morgan fingerprint density at radius 1 is 1.43 bits per heavy atom. The molecule has 7 heteroatoms. The fourth-order valence-corrected chi connectivity index (χ4v) is 2.83. The first-order chi connectivity index (χ1) is 10.2. The van der Waals surface area contributed by atoms with Crippen molar-refractivity contribution in [3.63, 3.8) is 0 Å². The molecule has 1 atom stereocenters. The number of hydrogen-bond donors (Lipinski definition) is 1. The van der Waals surface area contributed by atoms with Crippen LogP contribution in [0.15, 0.2) is 33.7 Å². The van der Waals surface area contributed by atoms with E-state index in [0.717, 1.165) is 22.8 Å². The lowest BCUT2D eigenvalue weighted by atomic mass is 10.2. The molecule has 1 heterocycles. The summed E-state index contributed by atoms with van der Waals surface area (Å²) in [5.74, 6) is 1.69. The number of ether oxygens (including phenoxy) is 1. The molecular formula is C14H18ClN3O2S. The van der Waals surface area contributed by atoms with Gasteiger partial charge in [0.25, 0.3) is 0 Å². The summed E-state index contributed by atoms with van der Waals surface area (Å²) in [4.78, 5) is 5.32. The average Bonchev–Trinajstić information content (AvgIpc) is 2.95. The van der Waals surface area contributed by atoms with Gasteiger partial charge in [-0.25, -0.2) is 0 Å². The third-order valence-corrected chi connectivity index (χ3v) is 4.37. The maximum absolute atomic E-state index is 6.10. The molecule has 2 N–H and O–H groups in total.